The number of hydrogen-bond acceptors (Lipinski definition) is 3. The van der Waals surface area contributed by atoms with E-state index in [-0.39, 0.29) is 0 Å². The summed E-state index contributed by atoms with van der Waals surface area (Å²) in [5, 5.41) is 10.5. The van der Waals surface area contributed by atoms with Crippen LogP contribution in [0.3, 0.4) is 0 Å². The van der Waals surface area contributed by atoms with Crippen LogP contribution in [0.5, 0.6) is 0 Å². The molecule has 2 atom stereocenters. The Hall–Kier alpha value is -0.120. The summed E-state index contributed by atoms with van der Waals surface area (Å²) in [6.45, 7) is 11.1. The third-order valence-corrected chi connectivity index (χ3v) is 5.88. The first kappa shape index (κ1) is 16.3. The average Bonchev–Trinajstić information content (AvgIpc) is 2.78. The van der Waals surface area contributed by atoms with Gasteiger partial charge in [0.1, 0.15) is 0 Å². The number of nitrogens with two attached hydrogens (primary N) is 1. The summed E-state index contributed by atoms with van der Waals surface area (Å²) in [5.74, 6) is 1.29. The lowest BCUT2D eigenvalue weighted by Gasteiger charge is -2.39. The van der Waals surface area contributed by atoms with E-state index in [0.29, 0.717) is 17.9 Å². The number of aliphatic hydroxyl groups is 1. The van der Waals surface area contributed by atoms with Gasteiger partial charge < -0.3 is 15.7 Å². The molecule has 2 unspecified atom stereocenters. The SMILES string of the molecule is CC(C)(C)C1CCN(CCC2CCCC2(O)CN)CC1. The molecule has 0 bridgehead atoms. The molecule has 3 N–H and O–H groups in total. The first-order valence-corrected chi connectivity index (χ1v) is 8.50. The van der Waals surface area contributed by atoms with Crippen LogP contribution in [0, 0.1) is 17.3 Å². The quantitative estimate of drug-likeness (QED) is 0.833. The van der Waals surface area contributed by atoms with Crippen molar-refractivity contribution in [2.75, 3.05) is 26.2 Å². The third kappa shape index (κ3) is 3.75. The maximum Gasteiger partial charge on any atom is 0.0797 e. The molecule has 2 rings (SSSR count). The van der Waals surface area contributed by atoms with Crippen LogP contribution in [0.4, 0.5) is 0 Å². The fourth-order valence-corrected chi connectivity index (χ4v) is 4.17. The first-order chi connectivity index (χ1) is 9.35. The largest absolute Gasteiger partial charge is 0.388 e. The predicted octanol–water partition coefficient (Wildman–Crippen LogP) is 2.62. The van der Waals surface area contributed by atoms with Gasteiger partial charge >= 0.3 is 0 Å². The molecule has 2 aliphatic rings. The van der Waals surface area contributed by atoms with Gasteiger partial charge in [0.15, 0.2) is 0 Å². The van der Waals surface area contributed by atoms with Gasteiger partial charge in [-0.25, -0.2) is 0 Å². The van der Waals surface area contributed by atoms with Crippen LogP contribution in [0.25, 0.3) is 0 Å². The van der Waals surface area contributed by atoms with Crippen molar-refractivity contribution in [2.45, 2.75) is 64.9 Å². The molecule has 0 aromatic heterocycles. The molecular weight excluding hydrogens is 248 g/mol. The lowest BCUT2D eigenvalue weighted by Crippen LogP contribution is -2.43. The summed E-state index contributed by atoms with van der Waals surface area (Å²) in [5.41, 5.74) is 5.66. The summed E-state index contributed by atoms with van der Waals surface area (Å²) >= 11 is 0. The smallest absolute Gasteiger partial charge is 0.0797 e. The van der Waals surface area contributed by atoms with Crippen LogP contribution in [0.15, 0.2) is 0 Å². The lowest BCUT2D eigenvalue weighted by molar-refractivity contribution is 0.00236. The second-order valence-electron chi connectivity index (χ2n) is 8.17. The van der Waals surface area contributed by atoms with E-state index >= 15 is 0 Å². The average molecular weight is 282 g/mol. The first-order valence-electron chi connectivity index (χ1n) is 8.50. The molecule has 0 aromatic rings. The molecule has 118 valence electrons. The fourth-order valence-electron chi connectivity index (χ4n) is 4.17. The Balaban J connectivity index is 1.74. The van der Waals surface area contributed by atoms with E-state index in [9.17, 15) is 5.11 Å². The van der Waals surface area contributed by atoms with E-state index in [1.54, 1.807) is 0 Å². The van der Waals surface area contributed by atoms with Crippen molar-refractivity contribution in [1.29, 1.82) is 0 Å². The zero-order chi connectivity index (χ0) is 14.8. The summed E-state index contributed by atoms with van der Waals surface area (Å²) < 4.78 is 0. The highest BCUT2D eigenvalue weighted by Gasteiger charge is 2.39. The number of likely N-dealkylation sites (tertiary alicyclic amines) is 1. The molecule has 1 saturated carbocycles. The van der Waals surface area contributed by atoms with Crippen molar-refractivity contribution < 1.29 is 5.11 Å². The van der Waals surface area contributed by atoms with E-state index in [1.807, 2.05) is 0 Å². The molecule has 3 nitrogen and oxygen atoms in total. The minimum absolute atomic E-state index is 0.424. The van der Waals surface area contributed by atoms with E-state index in [1.165, 1.54) is 25.9 Å². The molecule has 0 aromatic carbocycles. The molecule has 20 heavy (non-hydrogen) atoms. The summed E-state index contributed by atoms with van der Waals surface area (Å²) in [6.07, 6.45) is 6.98. The van der Waals surface area contributed by atoms with E-state index < -0.39 is 5.60 Å². The van der Waals surface area contributed by atoms with Gasteiger partial charge in [0, 0.05) is 6.54 Å². The zero-order valence-corrected chi connectivity index (χ0v) is 13.7. The van der Waals surface area contributed by atoms with Crippen LogP contribution in [0.1, 0.15) is 59.3 Å². The normalized spacial score (nSPS) is 33.8. The van der Waals surface area contributed by atoms with Crippen molar-refractivity contribution in [3.05, 3.63) is 0 Å². The Kier molecular flexibility index (Phi) is 5.14. The van der Waals surface area contributed by atoms with E-state index in [0.717, 1.165) is 38.1 Å². The summed E-state index contributed by atoms with van der Waals surface area (Å²) in [4.78, 5) is 2.59. The molecule has 0 amide bonds. The minimum atomic E-state index is -0.566. The predicted molar refractivity (Wildman–Crippen MR) is 84.6 cm³/mol. The highest BCUT2D eigenvalue weighted by molar-refractivity contribution is 4.93. The molecule has 1 heterocycles. The lowest BCUT2D eigenvalue weighted by atomic mass is 9.75. The van der Waals surface area contributed by atoms with Crippen molar-refractivity contribution in [3.63, 3.8) is 0 Å². The maximum absolute atomic E-state index is 10.5. The van der Waals surface area contributed by atoms with Gasteiger partial charge in [-0.15, -0.1) is 0 Å². The number of piperidine rings is 1. The molecule has 0 spiro atoms. The maximum atomic E-state index is 10.5. The van der Waals surface area contributed by atoms with Gasteiger partial charge in [-0.1, -0.05) is 27.2 Å². The third-order valence-electron chi connectivity index (χ3n) is 5.88. The van der Waals surface area contributed by atoms with Crippen LogP contribution in [-0.2, 0) is 0 Å². The van der Waals surface area contributed by atoms with Gasteiger partial charge in [-0.2, -0.15) is 0 Å². The Morgan fingerprint density at radius 2 is 1.85 bits per heavy atom. The molecule has 1 aliphatic heterocycles. The van der Waals surface area contributed by atoms with Gasteiger partial charge in [-0.3, -0.25) is 0 Å². The Labute approximate surface area is 124 Å². The zero-order valence-electron chi connectivity index (χ0n) is 13.7. The second-order valence-corrected chi connectivity index (χ2v) is 8.17. The molecular formula is C17H34N2O. The van der Waals surface area contributed by atoms with E-state index in [4.69, 9.17) is 5.73 Å². The highest BCUT2D eigenvalue weighted by atomic mass is 16.3. The topological polar surface area (TPSA) is 49.5 Å². The summed E-state index contributed by atoms with van der Waals surface area (Å²) in [7, 11) is 0. The second kappa shape index (κ2) is 6.33. The Morgan fingerprint density at radius 1 is 1.20 bits per heavy atom. The van der Waals surface area contributed by atoms with Crippen molar-refractivity contribution in [1.82, 2.24) is 4.90 Å². The minimum Gasteiger partial charge on any atom is -0.388 e. The van der Waals surface area contributed by atoms with E-state index in [2.05, 4.69) is 25.7 Å². The van der Waals surface area contributed by atoms with Gasteiger partial charge in [-0.05, 0) is 69.0 Å². The van der Waals surface area contributed by atoms with Crippen molar-refractivity contribution in [3.8, 4) is 0 Å². The molecule has 1 saturated heterocycles. The molecule has 0 radical (unpaired) electrons. The van der Waals surface area contributed by atoms with Crippen molar-refractivity contribution >= 4 is 0 Å². The van der Waals surface area contributed by atoms with Crippen molar-refractivity contribution in [2.24, 2.45) is 23.0 Å². The number of hydrogen-bond donors (Lipinski definition) is 2. The number of rotatable bonds is 4. The van der Waals surface area contributed by atoms with Crippen LogP contribution in [0.2, 0.25) is 0 Å². The standard InChI is InChI=1S/C17H34N2O/c1-16(2,3)14-6-10-19(11-7-14)12-8-15-5-4-9-17(15,20)13-18/h14-15,20H,4-13,18H2,1-3H3. The Bertz CT molecular complexity index is 305. The monoisotopic (exact) mass is 282 g/mol. The fraction of sp³-hybridized carbons (Fsp3) is 1.00. The molecule has 1 aliphatic carbocycles. The van der Waals surface area contributed by atoms with Crippen LogP contribution in [-0.4, -0.2) is 41.8 Å². The summed E-state index contributed by atoms with van der Waals surface area (Å²) in [6, 6.07) is 0. The van der Waals surface area contributed by atoms with Crippen LogP contribution < -0.4 is 5.73 Å². The van der Waals surface area contributed by atoms with Crippen LogP contribution >= 0.6 is 0 Å². The molecule has 3 heteroatoms. The van der Waals surface area contributed by atoms with Gasteiger partial charge in [0.2, 0.25) is 0 Å². The van der Waals surface area contributed by atoms with Gasteiger partial charge in [0.25, 0.3) is 0 Å². The highest BCUT2D eigenvalue weighted by Crippen LogP contribution is 2.38. The molecule has 2 fully saturated rings. The van der Waals surface area contributed by atoms with Gasteiger partial charge in [0.05, 0.1) is 5.60 Å². The Morgan fingerprint density at radius 3 is 2.40 bits per heavy atom. The number of nitrogens with zero attached hydrogens (tertiary/aromatic N) is 1.